The van der Waals surface area contributed by atoms with Crippen LogP contribution in [-0.2, 0) is 57.0 Å². The largest absolute Gasteiger partial charge is 0.481 e. The van der Waals surface area contributed by atoms with Crippen molar-refractivity contribution in [2.24, 2.45) is 0 Å². The topological polar surface area (TPSA) is 449 Å². The highest BCUT2D eigenvalue weighted by molar-refractivity contribution is 5.97. The summed E-state index contributed by atoms with van der Waals surface area (Å²) in [5.41, 5.74) is 5.21. The molecule has 104 heavy (non-hydrogen) atoms. The molecule has 36 nitrogen and oxygen atoms in total. The van der Waals surface area contributed by atoms with Crippen LogP contribution in [0.1, 0.15) is 107 Å². The number of hydrogen-bond acceptors (Lipinski definition) is 24. The van der Waals surface area contributed by atoms with E-state index in [1.807, 2.05) is 124 Å². The molecule has 6 saturated heterocycles. The fourth-order valence-corrected chi connectivity index (χ4v) is 12.9. The first-order chi connectivity index (χ1) is 50.6. The minimum atomic E-state index is -0.917. The molecule has 6 aliphatic heterocycles. The Bertz CT molecular complexity index is 4350. The van der Waals surface area contributed by atoms with Gasteiger partial charge in [0.2, 0.25) is 0 Å². The molecule has 12 unspecified atom stereocenters. The number of imidazole rings is 3. The van der Waals surface area contributed by atoms with E-state index in [4.69, 9.17) is 42.6 Å². The molecule has 0 radical (unpaired) electrons. The fourth-order valence-electron chi connectivity index (χ4n) is 12.9. The van der Waals surface area contributed by atoms with E-state index < -0.39 is 128 Å². The van der Waals surface area contributed by atoms with Crippen LogP contribution in [0.15, 0.2) is 135 Å². The Kier molecular flexibility index (Phi) is 22.3. The lowest BCUT2D eigenvalue weighted by Gasteiger charge is -2.21. The maximum Gasteiger partial charge on any atom is 0.320 e. The van der Waals surface area contributed by atoms with E-state index in [1.165, 1.54) is 19.0 Å². The standard InChI is InChI=1S/C24H26N6O6.2C22H24N6O6/c1-2-25-24(33)29-21-18-22(27-12-26-21)30(13-28-18)23-20-19(15(34-23)9-10-16(31)32)35-17(36-20)11-8-14-6-4-3-5-7-14;2*1-2-23-22(31)27-18-15-19(25-10-24-18)28(11-26-15)20-17-16(13(32-20)8-9-14(29)30)33-21(34-17)12-6-4-3-5-7-12/h3-8,11-13,15,17,19-20,23H,2,9-10H2,1H3,(H,31,32)(H2,25,26,27,29,33);2*3-7,10-11,13,16-17,20-21H,2,8-9H2,1H3,(H,29,30)(H2,23,24,25,27,31)/b11-8+;;/t15?,17-,19?,20?,23?;2*13?,16?,17?,20?,21-/m010/s1. The molecule has 9 aromatic rings. The van der Waals surface area contributed by atoms with Crippen molar-refractivity contribution in [3.05, 3.63) is 152 Å². The van der Waals surface area contributed by atoms with E-state index in [2.05, 4.69) is 76.8 Å². The second kappa shape index (κ2) is 32.5. The Morgan fingerprint density at radius 1 is 0.404 bits per heavy atom. The molecule has 36 heteroatoms. The molecule has 9 N–H and O–H groups in total. The van der Waals surface area contributed by atoms with Crippen molar-refractivity contribution in [2.45, 2.75) is 152 Å². The molecule has 0 aliphatic carbocycles. The Balaban J connectivity index is 0.000000139. The molecule has 3 aromatic carbocycles. The van der Waals surface area contributed by atoms with Crippen molar-refractivity contribution in [3.63, 3.8) is 0 Å². The van der Waals surface area contributed by atoms with Gasteiger partial charge in [0.15, 0.2) is 88.5 Å². The van der Waals surface area contributed by atoms with Crippen molar-refractivity contribution >= 4 is 93.0 Å². The zero-order chi connectivity index (χ0) is 72.4. The molecule has 0 saturated carbocycles. The molecule has 6 fully saturated rings. The van der Waals surface area contributed by atoms with Gasteiger partial charge in [0, 0.05) is 50.0 Å². The number of ether oxygens (including phenoxy) is 9. The summed E-state index contributed by atoms with van der Waals surface area (Å²) in [6.45, 7) is 6.82. The molecule has 544 valence electrons. The number of amides is 6. The van der Waals surface area contributed by atoms with Gasteiger partial charge in [-0.15, -0.1) is 0 Å². The lowest BCUT2D eigenvalue weighted by molar-refractivity contribution is -0.152. The maximum absolute atomic E-state index is 12.0. The molecule has 0 bridgehead atoms. The predicted molar refractivity (Wildman–Crippen MR) is 363 cm³/mol. The van der Waals surface area contributed by atoms with Gasteiger partial charge < -0.3 is 73.9 Å². The van der Waals surface area contributed by atoms with Gasteiger partial charge in [0.25, 0.3) is 0 Å². The second-order valence-corrected chi connectivity index (χ2v) is 24.3. The number of nitrogens with zero attached hydrogens (tertiary/aromatic N) is 12. The highest BCUT2D eigenvalue weighted by atomic mass is 16.8. The van der Waals surface area contributed by atoms with Gasteiger partial charge in [-0.3, -0.25) is 44.0 Å². The molecular weight excluding hydrogens is 1360 g/mol. The lowest BCUT2D eigenvalue weighted by Crippen LogP contribution is -2.29. The predicted octanol–water partition coefficient (Wildman–Crippen LogP) is 6.98. The summed E-state index contributed by atoms with van der Waals surface area (Å²) in [7, 11) is 0. The SMILES string of the molecule is CCNC(=O)Nc1ncnc2c1ncn2C1OC(CCC(=O)O)C2O[C@@H](c3ccccc3)OC21.CCNC(=O)Nc1ncnc2c1ncn2C1OC(CCC(=O)O)C2O[C@H](/C=C/c3ccccc3)OC21.CCNC(=O)Nc1ncnc2c1ncn2C1OC(CCC(=O)O)C2O[C@H](c3ccccc3)OC21. The van der Waals surface area contributed by atoms with Gasteiger partial charge in [-0.2, -0.15) is 0 Å². The molecule has 0 spiro atoms. The van der Waals surface area contributed by atoms with E-state index in [9.17, 15) is 44.1 Å². The van der Waals surface area contributed by atoms with E-state index in [1.54, 1.807) is 32.7 Å². The number of carbonyl (C=O) groups is 6. The highest BCUT2D eigenvalue weighted by Crippen LogP contribution is 2.48. The summed E-state index contributed by atoms with van der Waals surface area (Å²) in [5.74, 6) is -1.96. The number of rotatable bonds is 22. The van der Waals surface area contributed by atoms with Gasteiger partial charge in [-0.05, 0) is 51.7 Å². The maximum atomic E-state index is 12.0. The number of carboxylic acid groups (broad SMARTS) is 3. The number of benzene rings is 3. The zero-order valence-electron chi connectivity index (χ0n) is 56.1. The van der Waals surface area contributed by atoms with Crippen LogP contribution in [0.5, 0.6) is 0 Å². The smallest absolute Gasteiger partial charge is 0.320 e. The van der Waals surface area contributed by atoms with E-state index in [0.717, 1.165) is 16.7 Å². The van der Waals surface area contributed by atoms with Crippen LogP contribution in [0, 0.1) is 0 Å². The number of hydrogen-bond donors (Lipinski definition) is 9. The number of urea groups is 3. The normalized spacial score (nSPS) is 25.7. The number of carboxylic acids is 3. The summed E-state index contributed by atoms with van der Waals surface area (Å²) < 4.78 is 61.0. The van der Waals surface area contributed by atoms with Crippen molar-refractivity contribution in [3.8, 4) is 0 Å². The van der Waals surface area contributed by atoms with E-state index in [0.29, 0.717) is 53.1 Å². The van der Waals surface area contributed by atoms with Gasteiger partial charge in [0.05, 0.1) is 37.3 Å². The lowest BCUT2D eigenvalue weighted by atomic mass is 10.1. The van der Waals surface area contributed by atoms with Crippen LogP contribution in [0.4, 0.5) is 31.8 Å². The highest BCUT2D eigenvalue weighted by Gasteiger charge is 2.56. The van der Waals surface area contributed by atoms with E-state index in [-0.39, 0.29) is 56.0 Å². The number of aliphatic carboxylic acids is 3. The second-order valence-electron chi connectivity index (χ2n) is 24.3. The van der Waals surface area contributed by atoms with Crippen molar-refractivity contribution in [1.82, 2.24) is 74.5 Å². The summed E-state index contributed by atoms with van der Waals surface area (Å²) in [5, 5.41) is 43.5. The molecule has 15 atom stereocenters. The van der Waals surface area contributed by atoms with Crippen molar-refractivity contribution in [1.29, 1.82) is 0 Å². The Morgan fingerprint density at radius 2 is 0.721 bits per heavy atom. The third-order valence-electron chi connectivity index (χ3n) is 17.5. The van der Waals surface area contributed by atoms with Gasteiger partial charge in [-0.25, -0.2) is 59.2 Å². The Hall–Kier alpha value is -11.1. The molecule has 12 heterocycles. The average molecular weight is 1430 g/mol. The van der Waals surface area contributed by atoms with Gasteiger partial charge in [0.1, 0.15) is 55.6 Å². The first kappa shape index (κ1) is 71.3. The summed E-state index contributed by atoms with van der Waals surface area (Å²) in [4.78, 5) is 108. The van der Waals surface area contributed by atoms with E-state index >= 15 is 0 Å². The quantitative estimate of drug-likeness (QED) is 0.0330. The number of carbonyl (C=O) groups excluding carboxylic acids is 3. The summed E-state index contributed by atoms with van der Waals surface area (Å²) in [6.07, 6.45) is 4.67. The molecule has 6 aromatic heterocycles. The number of anilines is 3. The van der Waals surface area contributed by atoms with Gasteiger partial charge in [-0.1, -0.05) is 97.1 Å². The fraction of sp³-hybridized carbons (Fsp3) is 0.397. The first-order valence-corrected chi connectivity index (χ1v) is 33.7. The molecule has 6 amide bonds. The summed E-state index contributed by atoms with van der Waals surface area (Å²) in [6, 6.07) is 27.6. The third kappa shape index (κ3) is 15.9. The monoisotopic (exact) mass is 1430 g/mol. The van der Waals surface area contributed by atoms with Crippen LogP contribution >= 0.6 is 0 Å². The van der Waals surface area contributed by atoms with Crippen LogP contribution in [0.25, 0.3) is 39.6 Å². The van der Waals surface area contributed by atoms with Crippen molar-refractivity contribution in [2.75, 3.05) is 35.6 Å². The minimum Gasteiger partial charge on any atom is -0.481 e. The number of fused-ring (bicyclic) bond motifs is 6. The van der Waals surface area contributed by atoms with Crippen LogP contribution in [0.2, 0.25) is 0 Å². The van der Waals surface area contributed by atoms with Crippen LogP contribution < -0.4 is 31.9 Å². The minimum absolute atomic E-state index is 0.0621. The Labute approximate surface area is 591 Å². The molecule has 15 rings (SSSR count). The van der Waals surface area contributed by atoms with Crippen molar-refractivity contribution < 1.29 is 86.7 Å². The average Bonchev–Trinajstić information content (AvgIpc) is 1.60. The third-order valence-corrected chi connectivity index (χ3v) is 17.5. The van der Waals surface area contributed by atoms with Crippen LogP contribution in [0.3, 0.4) is 0 Å². The summed E-state index contributed by atoms with van der Waals surface area (Å²) >= 11 is 0. The molecule has 6 aliphatic rings. The zero-order valence-corrected chi connectivity index (χ0v) is 56.1. The molecular formula is C68H74N18O18. The first-order valence-electron chi connectivity index (χ1n) is 33.7. The number of aromatic nitrogens is 12. The van der Waals surface area contributed by atoms with Crippen LogP contribution in [-0.4, -0.2) is 191 Å². The van der Waals surface area contributed by atoms with Gasteiger partial charge >= 0.3 is 36.0 Å². The Morgan fingerprint density at radius 3 is 1.07 bits per heavy atom. The number of nitrogens with one attached hydrogen (secondary N) is 6.